The lowest BCUT2D eigenvalue weighted by atomic mass is 9.80. The molecule has 0 radical (unpaired) electrons. The van der Waals surface area contributed by atoms with E-state index < -0.39 is 22.8 Å². The van der Waals surface area contributed by atoms with Gasteiger partial charge in [-0.2, -0.15) is 0 Å². The number of nitro benzene ring substituents is 1. The van der Waals surface area contributed by atoms with Crippen molar-refractivity contribution in [2.75, 3.05) is 13.2 Å². The van der Waals surface area contributed by atoms with Gasteiger partial charge < -0.3 is 19.4 Å². The van der Waals surface area contributed by atoms with Crippen LogP contribution >= 0.6 is 0 Å². The van der Waals surface area contributed by atoms with Gasteiger partial charge in [-0.3, -0.25) is 10.1 Å². The molecule has 0 aliphatic carbocycles. The highest BCUT2D eigenvalue weighted by Gasteiger charge is 2.38. The maximum Gasteiger partial charge on any atom is 0.337 e. The Morgan fingerprint density at radius 1 is 1.07 bits per heavy atom. The third-order valence-corrected chi connectivity index (χ3v) is 6.41. The Bertz CT molecular complexity index is 1490. The second kappa shape index (κ2) is 12.7. The summed E-state index contributed by atoms with van der Waals surface area (Å²) in [5, 5.41) is 14.5. The van der Waals surface area contributed by atoms with Crippen molar-refractivity contribution in [3.05, 3.63) is 123 Å². The highest BCUT2D eigenvalue weighted by molar-refractivity contribution is 6.00. The Kier molecular flexibility index (Phi) is 8.90. The fraction of sp³-hybridized carbons (Fsp3) is 0.233. The van der Waals surface area contributed by atoms with Crippen molar-refractivity contribution in [1.82, 2.24) is 14.9 Å². The van der Waals surface area contributed by atoms with Crippen molar-refractivity contribution in [2.24, 2.45) is 0 Å². The maximum absolute atomic E-state index is 13.4. The number of ether oxygens (including phenoxy) is 2. The average molecular weight is 543 g/mol. The molecule has 0 fully saturated rings. The summed E-state index contributed by atoms with van der Waals surface area (Å²) in [7, 11) is 0. The second-order valence-corrected chi connectivity index (χ2v) is 9.19. The van der Waals surface area contributed by atoms with Crippen LogP contribution in [0.25, 0.3) is 6.08 Å². The van der Waals surface area contributed by atoms with Gasteiger partial charge in [0.2, 0.25) is 0 Å². The molecule has 1 N–H and O–H groups in total. The monoisotopic (exact) mass is 542 g/mol. The number of non-ortho nitro benzene ring substituents is 1. The van der Waals surface area contributed by atoms with Gasteiger partial charge in [-0.1, -0.05) is 42.5 Å². The number of nitrogens with zero attached hydrogens (tertiary/aromatic N) is 3. The van der Waals surface area contributed by atoms with E-state index >= 15 is 0 Å². The van der Waals surface area contributed by atoms with Gasteiger partial charge in [0.15, 0.2) is 0 Å². The summed E-state index contributed by atoms with van der Waals surface area (Å²) >= 11 is 0. The molecule has 206 valence electrons. The number of hydrogen-bond donors (Lipinski definition) is 1. The second-order valence-electron chi connectivity index (χ2n) is 9.19. The normalized spacial score (nSPS) is 15.2. The molecule has 2 heterocycles. The van der Waals surface area contributed by atoms with Gasteiger partial charge in [-0.25, -0.2) is 14.6 Å². The SMILES string of the molecule is CCOC(=O)C1=C(C)NC(C)=C(C(=O)OC/C=C/c2ccc(Cn3ccnc3)cc2)C1c1cccc([N+](=O)[O-])c1. The molecule has 1 aromatic heterocycles. The summed E-state index contributed by atoms with van der Waals surface area (Å²) in [5.74, 6) is -2.16. The minimum Gasteiger partial charge on any atom is -0.463 e. The molecule has 1 aliphatic rings. The Morgan fingerprint density at radius 2 is 1.77 bits per heavy atom. The standard InChI is InChI=1S/C30H30N4O6/c1-4-39-29(35)26-20(2)32-21(3)27(28(26)24-8-5-9-25(17-24)34(37)38)30(36)40-16-6-7-22-10-12-23(13-11-22)18-33-15-14-31-19-33/h5-15,17,19,28,32H,4,16,18H2,1-3H3/b7-6+. The minimum atomic E-state index is -0.903. The zero-order valence-corrected chi connectivity index (χ0v) is 22.5. The van der Waals surface area contributed by atoms with E-state index in [2.05, 4.69) is 10.3 Å². The molecule has 10 heteroatoms. The van der Waals surface area contributed by atoms with Crippen LogP contribution in [0.5, 0.6) is 0 Å². The van der Waals surface area contributed by atoms with E-state index in [-0.39, 0.29) is 30.0 Å². The third kappa shape index (κ3) is 6.52. The lowest BCUT2D eigenvalue weighted by Crippen LogP contribution is -2.32. The molecule has 10 nitrogen and oxygen atoms in total. The van der Waals surface area contributed by atoms with Crippen molar-refractivity contribution >= 4 is 23.7 Å². The summed E-state index contributed by atoms with van der Waals surface area (Å²) < 4.78 is 12.8. The molecule has 0 bridgehead atoms. The number of esters is 2. The quantitative estimate of drug-likeness (QED) is 0.218. The number of imidazole rings is 1. The van der Waals surface area contributed by atoms with E-state index in [0.29, 0.717) is 17.0 Å². The largest absolute Gasteiger partial charge is 0.463 e. The van der Waals surface area contributed by atoms with Crippen LogP contribution in [-0.4, -0.2) is 39.6 Å². The van der Waals surface area contributed by atoms with Gasteiger partial charge in [-0.15, -0.1) is 0 Å². The molecule has 0 saturated heterocycles. The van der Waals surface area contributed by atoms with Gasteiger partial charge in [0.25, 0.3) is 5.69 Å². The van der Waals surface area contributed by atoms with Crippen molar-refractivity contribution in [3.8, 4) is 0 Å². The fourth-order valence-corrected chi connectivity index (χ4v) is 4.61. The molecule has 4 rings (SSSR count). The molecular weight excluding hydrogens is 512 g/mol. The number of allylic oxidation sites excluding steroid dienone is 2. The Labute approximate surface area is 231 Å². The highest BCUT2D eigenvalue weighted by atomic mass is 16.6. The number of carbonyl (C=O) groups is 2. The number of hydrogen-bond acceptors (Lipinski definition) is 8. The van der Waals surface area contributed by atoms with E-state index in [4.69, 9.17) is 9.47 Å². The molecule has 3 aromatic rings. The van der Waals surface area contributed by atoms with Crippen LogP contribution in [0.2, 0.25) is 0 Å². The highest BCUT2D eigenvalue weighted by Crippen LogP contribution is 2.40. The molecule has 0 amide bonds. The van der Waals surface area contributed by atoms with E-state index in [1.54, 1.807) is 45.4 Å². The Morgan fingerprint density at radius 3 is 2.40 bits per heavy atom. The molecule has 1 atom stereocenters. The first-order chi connectivity index (χ1) is 19.3. The molecule has 1 aliphatic heterocycles. The van der Waals surface area contributed by atoms with Gasteiger partial charge >= 0.3 is 11.9 Å². The predicted molar refractivity (Wildman–Crippen MR) is 149 cm³/mol. The molecule has 2 aromatic carbocycles. The lowest BCUT2D eigenvalue weighted by Gasteiger charge is -2.30. The molecule has 40 heavy (non-hydrogen) atoms. The third-order valence-electron chi connectivity index (χ3n) is 6.41. The number of nitrogens with one attached hydrogen (secondary N) is 1. The summed E-state index contributed by atoms with van der Waals surface area (Å²) in [4.78, 5) is 41.3. The van der Waals surface area contributed by atoms with E-state index in [1.807, 2.05) is 41.1 Å². The molecule has 0 saturated carbocycles. The van der Waals surface area contributed by atoms with Crippen LogP contribution in [0.3, 0.4) is 0 Å². The summed E-state index contributed by atoms with van der Waals surface area (Å²) in [6.07, 6.45) is 8.97. The van der Waals surface area contributed by atoms with E-state index in [0.717, 1.165) is 17.7 Å². The van der Waals surface area contributed by atoms with Crippen LogP contribution < -0.4 is 5.32 Å². The summed E-state index contributed by atoms with van der Waals surface area (Å²) in [5.41, 5.74) is 3.71. The van der Waals surface area contributed by atoms with E-state index in [9.17, 15) is 19.7 Å². The maximum atomic E-state index is 13.4. The topological polar surface area (TPSA) is 126 Å². The number of dihydropyridines is 1. The van der Waals surface area contributed by atoms with Crippen LogP contribution in [-0.2, 0) is 25.6 Å². The van der Waals surface area contributed by atoms with Crippen LogP contribution in [0.15, 0.2) is 95.9 Å². The smallest absolute Gasteiger partial charge is 0.337 e. The predicted octanol–water partition coefficient (Wildman–Crippen LogP) is 4.89. The lowest BCUT2D eigenvalue weighted by molar-refractivity contribution is -0.384. The van der Waals surface area contributed by atoms with Crippen LogP contribution in [0.1, 0.15) is 43.4 Å². The van der Waals surface area contributed by atoms with Crippen LogP contribution in [0, 0.1) is 10.1 Å². The van der Waals surface area contributed by atoms with Crippen molar-refractivity contribution in [3.63, 3.8) is 0 Å². The van der Waals surface area contributed by atoms with Gasteiger partial charge in [-0.05, 0) is 43.5 Å². The average Bonchev–Trinajstić information content (AvgIpc) is 3.44. The van der Waals surface area contributed by atoms with E-state index in [1.165, 1.54) is 18.2 Å². The summed E-state index contributed by atoms with van der Waals surface area (Å²) in [6, 6.07) is 13.9. The van der Waals surface area contributed by atoms with Gasteiger partial charge in [0.05, 0.1) is 34.9 Å². The van der Waals surface area contributed by atoms with Crippen molar-refractivity contribution in [1.29, 1.82) is 0 Å². The number of rotatable bonds is 10. The van der Waals surface area contributed by atoms with Crippen molar-refractivity contribution in [2.45, 2.75) is 33.2 Å². The molecule has 0 spiro atoms. The first-order valence-corrected chi connectivity index (χ1v) is 12.8. The Hall–Kier alpha value is -4.99. The minimum absolute atomic E-state index is 0.00844. The van der Waals surface area contributed by atoms with Crippen LogP contribution in [0.4, 0.5) is 5.69 Å². The summed E-state index contributed by atoms with van der Waals surface area (Å²) in [6.45, 7) is 5.93. The zero-order valence-electron chi connectivity index (χ0n) is 22.5. The number of benzene rings is 2. The van der Waals surface area contributed by atoms with Gasteiger partial charge in [0, 0.05) is 42.5 Å². The number of nitro groups is 1. The van der Waals surface area contributed by atoms with Gasteiger partial charge in [0.1, 0.15) is 6.61 Å². The molecule has 1 unspecified atom stereocenters. The fourth-order valence-electron chi connectivity index (χ4n) is 4.61. The first-order valence-electron chi connectivity index (χ1n) is 12.8. The Balaban J connectivity index is 1.52. The van der Waals surface area contributed by atoms with Crippen molar-refractivity contribution < 1.29 is 24.0 Å². The molecular formula is C30H30N4O6. The first kappa shape index (κ1) is 28.0. The number of carbonyl (C=O) groups excluding carboxylic acids is 2. The zero-order chi connectivity index (χ0) is 28.6. The number of aromatic nitrogens is 2.